The predicted molar refractivity (Wildman–Crippen MR) is 200 cm³/mol. The van der Waals surface area contributed by atoms with Gasteiger partial charge in [0.2, 0.25) is 0 Å². The number of anilines is 1. The minimum absolute atomic E-state index is 0.0364. The number of aromatic hydroxyl groups is 2. The summed E-state index contributed by atoms with van der Waals surface area (Å²) in [6.45, 7) is 0.202. The van der Waals surface area contributed by atoms with E-state index >= 15 is 0 Å². The molecule has 0 amide bonds. The molecule has 0 aliphatic carbocycles. The van der Waals surface area contributed by atoms with E-state index in [4.69, 9.17) is 0 Å². The van der Waals surface area contributed by atoms with Crippen LogP contribution in [0.5, 0.6) is 11.5 Å². The van der Waals surface area contributed by atoms with Gasteiger partial charge in [-0.1, -0.05) is 60.7 Å². The highest BCUT2D eigenvalue weighted by Crippen LogP contribution is 2.40. The third-order valence-corrected chi connectivity index (χ3v) is 8.94. The number of hydrogen-bond donors (Lipinski definition) is 5. The van der Waals surface area contributed by atoms with E-state index in [1.165, 1.54) is 24.3 Å². The molecule has 0 heterocycles. The number of hydrogen-bond acceptors (Lipinski definition) is 12. The molecule has 0 aliphatic heterocycles. The first-order chi connectivity index (χ1) is 25.5. The van der Waals surface area contributed by atoms with Gasteiger partial charge in [-0.15, -0.1) is 10.2 Å². The number of nitrogens with zero attached hydrogens (tertiary/aromatic N) is 5. The number of phenolic OH excluding ortho intramolecular Hbond substituents is 2. The molecule has 0 radical (unpaired) electrons. The number of non-ortho nitro benzene ring substituents is 1. The lowest BCUT2D eigenvalue weighted by atomic mass is 10.1. The Morgan fingerprint density at radius 2 is 1.49 bits per heavy atom. The minimum atomic E-state index is -4.72. The number of nitrogens with one attached hydrogen (secondary N) is 1. The molecule has 0 atom stereocenters. The van der Waals surface area contributed by atoms with Crippen molar-refractivity contribution in [2.45, 2.75) is 18.0 Å². The van der Waals surface area contributed by atoms with Crippen LogP contribution in [0.1, 0.15) is 22.3 Å². The molecular weight excluding hydrogens is 701 g/mol. The zero-order chi connectivity index (χ0) is 37.5. The summed E-state index contributed by atoms with van der Waals surface area (Å²) in [6, 6.07) is 31.3. The standard InChI is InChI=1S/C38H30N6O8S/c45-23-28-19-35(43-41-33-17-11-27-18-30(14-16-32(27)38(33)47)39-22-25-4-2-1-3-5-25)36(46)21-34(28)42-40-29-12-7-24(8-13-29)6-9-26-10-15-31(44(48)49)20-37(26)53(50,51)52/h1-21,39,45-47H,22-23H2,(H,50,51,52). The summed E-state index contributed by atoms with van der Waals surface area (Å²) < 4.78 is 33.1. The molecule has 266 valence electrons. The second kappa shape index (κ2) is 15.6. The van der Waals surface area contributed by atoms with Crippen molar-refractivity contribution in [3.05, 3.63) is 148 Å². The monoisotopic (exact) mass is 730 g/mol. The number of aliphatic hydroxyl groups is 1. The van der Waals surface area contributed by atoms with E-state index in [-0.39, 0.29) is 34.1 Å². The Morgan fingerprint density at radius 1 is 0.755 bits per heavy atom. The third-order valence-electron chi connectivity index (χ3n) is 8.03. The Kier molecular flexibility index (Phi) is 10.6. The van der Waals surface area contributed by atoms with E-state index in [9.17, 15) is 38.4 Å². The Morgan fingerprint density at radius 3 is 2.21 bits per heavy atom. The lowest BCUT2D eigenvalue weighted by molar-refractivity contribution is -0.385. The van der Waals surface area contributed by atoms with E-state index in [1.807, 2.05) is 42.5 Å². The molecule has 0 fully saturated rings. The van der Waals surface area contributed by atoms with E-state index in [2.05, 4.69) is 25.8 Å². The van der Waals surface area contributed by atoms with Gasteiger partial charge in [-0.3, -0.25) is 14.7 Å². The maximum atomic E-state index is 11.8. The molecule has 6 rings (SSSR count). The van der Waals surface area contributed by atoms with Crippen molar-refractivity contribution >= 4 is 67.2 Å². The first kappa shape index (κ1) is 36.0. The molecule has 0 unspecified atom stereocenters. The van der Waals surface area contributed by atoms with Crippen LogP contribution in [0.15, 0.2) is 141 Å². The van der Waals surface area contributed by atoms with Gasteiger partial charge in [0.15, 0.2) is 5.75 Å². The Balaban J connectivity index is 1.14. The molecule has 14 nitrogen and oxygen atoms in total. The topological polar surface area (TPSA) is 220 Å². The van der Waals surface area contributed by atoms with Gasteiger partial charge in [0.1, 0.15) is 22.0 Å². The molecule has 5 N–H and O–H groups in total. The van der Waals surface area contributed by atoms with Crippen LogP contribution in [0.2, 0.25) is 0 Å². The van der Waals surface area contributed by atoms with Crippen molar-refractivity contribution in [2.75, 3.05) is 5.32 Å². The summed E-state index contributed by atoms with van der Waals surface area (Å²) in [5.41, 5.74) is 3.32. The van der Waals surface area contributed by atoms with E-state index < -0.39 is 32.2 Å². The number of rotatable bonds is 12. The number of azo groups is 2. The molecule has 0 saturated carbocycles. The third kappa shape index (κ3) is 8.74. The molecule has 6 aromatic carbocycles. The zero-order valence-corrected chi connectivity index (χ0v) is 28.4. The van der Waals surface area contributed by atoms with Crippen LogP contribution < -0.4 is 5.32 Å². The summed E-state index contributed by atoms with van der Waals surface area (Å²) in [5, 5.41) is 64.0. The van der Waals surface area contributed by atoms with Crippen LogP contribution in [0.25, 0.3) is 22.9 Å². The molecular formula is C38H30N6O8S. The van der Waals surface area contributed by atoms with Gasteiger partial charge in [0, 0.05) is 41.4 Å². The summed E-state index contributed by atoms with van der Waals surface area (Å²) in [7, 11) is -4.72. The lowest BCUT2D eigenvalue weighted by Crippen LogP contribution is -2.02. The van der Waals surface area contributed by atoms with Gasteiger partial charge in [0.05, 0.1) is 22.9 Å². The average Bonchev–Trinajstić information content (AvgIpc) is 3.16. The Hall–Kier alpha value is -6.81. The SMILES string of the molecule is O=[N+]([O-])c1ccc(C=Cc2ccc(N=Nc3cc(O)c(N=Nc4ccc5cc(NCc6ccccc6)ccc5c4O)cc3CO)cc2)c(S(=O)(=O)O)c1. The van der Waals surface area contributed by atoms with Crippen LogP contribution in [-0.4, -0.2) is 33.2 Å². The van der Waals surface area contributed by atoms with Crippen molar-refractivity contribution in [1.29, 1.82) is 0 Å². The van der Waals surface area contributed by atoms with Crippen LogP contribution in [0.4, 0.5) is 34.1 Å². The van der Waals surface area contributed by atoms with Gasteiger partial charge in [0.25, 0.3) is 15.8 Å². The zero-order valence-electron chi connectivity index (χ0n) is 27.6. The largest absolute Gasteiger partial charge is 0.506 e. The predicted octanol–water partition coefficient (Wildman–Crippen LogP) is 9.51. The maximum absolute atomic E-state index is 11.8. The number of aliphatic hydroxyl groups excluding tert-OH is 1. The van der Waals surface area contributed by atoms with E-state index in [1.54, 1.807) is 48.5 Å². The fraction of sp³-hybridized carbons (Fsp3) is 0.0526. The fourth-order valence-corrected chi connectivity index (χ4v) is 5.96. The second-order valence-corrected chi connectivity index (χ2v) is 13.0. The quantitative estimate of drug-likeness (QED) is 0.0266. The van der Waals surface area contributed by atoms with Gasteiger partial charge < -0.3 is 20.6 Å². The highest BCUT2D eigenvalue weighted by atomic mass is 32.2. The normalized spacial score (nSPS) is 12.0. The van der Waals surface area contributed by atoms with Crippen LogP contribution in [0.3, 0.4) is 0 Å². The molecule has 0 aromatic heterocycles. The number of fused-ring (bicyclic) bond motifs is 1. The highest BCUT2D eigenvalue weighted by molar-refractivity contribution is 7.86. The van der Waals surface area contributed by atoms with Crippen molar-refractivity contribution in [1.82, 2.24) is 0 Å². The summed E-state index contributed by atoms with van der Waals surface area (Å²) in [4.78, 5) is 9.67. The van der Waals surface area contributed by atoms with Crippen molar-refractivity contribution in [3.8, 4) is 11.5 Å². The molecule has 0 aliphatic rings. The van der Waals surface area contributed by atoms with Crippen LogP contribution in [0, 0.1) is 10.1 Å². The molecule has 0 spiro atoms. The van der Waals surface area contributed by atoms with E-state index in [0.717, 1.165) is 28.8 Å². The fourth-order valence-electron chi connectivity index (χ4n) is 5.26. The average molecular weight is 731 g/mol. The van der Waals surface area contributed by atoms with Gasteiger partial charge in [-0.2, -0.15) is 18.6 Å². The second-order valence-electron chi connectivity index (χ2n) is 11.6. The summed E-state index contributed by atoms with van der Waals surface area (Å²) >= 11 is 0. The lowest BCUT2D eigenvalue weighted by Gasteiger charge is -2.09. The molecule has 0 bridgehead atoms. The maximum Gasteiger partial charge on any atom is 0.295 e. The minimum Gasteiger partial charge on any atom is -0.506 e. The first-order valence-electron chi connectivity index (χ1n) is 15.9. The first-order valence-corrected chi connectivity index (χ1v) is 17.3. The molecule has 53 heavy (non-hydrogen) atoms. The summed E-state index contributed by atoms with van der Waals surface area (Å²) in [5.74, 6) is -0.367. The summed E-state index contributed by atoms with van der Waals surface area (Å²) in [6.07, 6.45) is 2.94. The smallest absolute Gasteiger partial charge is 0.295 e. The van der Waals surface area contributed by atoms with Gasteiger partial charge in [-0.25, -0.2) is 0 Å². The van der Waals surface area contributed by atoms with Crippen LogP contribution >= 0.6 is 0 Å². The molecule has 0 saturated heterocycles. The molecule has 6 aromatic rings. The Labute approximate surface area is 302 Å². The molecule has 15 heteroatoms. The van der Waals surface area contributed by atoms with Gasteiger partial charge in [-0.05, 0) is 70.6 Å². The van der Waals surface area contributed by atoms with Crippen LogP contribution in [-0.2, 0) is 23.3 Å². The van der Waals surface area contributed by atoms with Crippen molar-refractivity contribution in [3.63, 3.8) is 0 Å². The number of nitro benzene ring substituents is 1. The Bertz CT molecular complexity index is 2520. The van der Waals surface area contributed by atoms with Crippen molar-refractivity contribution in [2.24, 2.45) is 20.5 Å². The van der Waals surface area contributed by atoms with Crippen molar-refractivity contribution < 1.29 is 33.2 Å². The van der Waals surface area contributed by atoms with Gasteiger partial charge >= 0.3 is 0 Å². The highest BCUT2D eigenvalue weighted by Gasteiger charge is 2.19. The van der Waals surface area contributed by atoms with E-state index in [0.29, 0.717) is 28.7 Å². The number of phenols is 2. The number of benzene rings is 6. The number of nitro groups is 1.